The Balaban J connectivity index is 1.56. The second-order valence-electron chi connectivity index (χ2n) is 7.25. The highest BCUT2D eigenvalue weighted by atomic mass is 79.9. The van der Waals surface area contributed by atoms with E-state index in [2.05, 4.69) is 37.2 Å². The number of imide groups is 2. The molecular formula is C25H18Br2N2O5. The van der Waals surface area contributed by atoms with Crippen molar-refractivity contribution in [2.24, 2.45) is 0 Å². The van der Waals surface area contributed by atoms with Crippen molar-refractivity contribution in [3.8, 4) is 11.5 Å². The number of nitrogens with one attached hydrogen (secondary N) is 1. The Kier molecular flexibility index (Phi) is 7.14. The normalized spacial score (nSPS) is 14.9. The quantitative estimate of drug-likeness (QED) is 0.306. The fourth-order valence-corrected chi connectivity index (χ4v) is 3.95. The lowest BCUT2D eigenvalue weighted by molar-refractivity contribution is -0.122. The number of carbonyl (C=O) groups excluding carboxylic acids is 3. The minimum Gasteiger partial charge on any atom is -0.496 e. The number of anilines is 1. The number of nitrogens with zero attached hydrogens (tertiary/aromatic N) is 1. The summed E-state index contributed by atoms with van der Waals surface area (Å²) < 4.78 is 12.8. The zero-order valence-electron chi connectivity index (χ0n) is 17.9. The minimum atomic E-state index is -0.822. The van der Waals surface area contributed by atoms with Gasteiger partial charge in [0.1, 0.15) is 23.7 Å². The van der Waals surface area contributed by atoms with E-state index in [1.807, 2.05) is 24.3 Å². The highest BCUT2D eigenvalue weighted by Gasteiger charge is 2.37. The molecule has 1 fully saturated rings. The number of urea groups is 1. The van der Waals surface area contributed by atoms with Gasteiger partial charge in [-0.05, 0) is 66.2 Å². The van der Waals surface area contributed by atoms with Crippen molar-refractivity contribution < 1.29 is 23.9 Å². The van der Waals surface area contributed by atoms with E-state index in [0.29, 0.717) is 29.4 Å². The van der Waals surface area contributed by atoms with Crippen LogP contribution in [0, 0.1) is 0 Å². The number of benzene rings is 3. The average molecular weight is 586 g/mol. The van der Waals surface area contributed by atoms with Crippen LogP contribution in [0.4, 0.5) is 10.5 Å². The molecule has 1 saturated heterocycles. The molecule has 1 heterocycles. The van der Waals surface area contributed by atoms with Crippen molar-refractivity contribution in [2.75, 3.05) is 12.0 Å². The maximum absolute atomic E-state index is 13.1. The zero-order valence-corrected chi connectivity index (χ0v) is 21.1. The largest absolute Gasteiger partial charge is 0.496 e. The average Bonchev–Trinajstić information content (AvgIpc) is 2.82. The van der Waals surface area contributed by atoms with Crippen molar-refractivity contribution in [3.05, 3.63) is 92.4 Å². The van der Waals surface area contributed by atoms with Gasteiger partial charge < -0.3 is 9.47 Å². The van der Waals surface area contributed by atoms with E-state index in [9.17, 15) is 14.4 Å². The number of rotatable bonds is 6. The standard InChI is InChI=1S/C25H18Br2N2O5/c1-33-22-11-6-18(27)12-16(22)13-21-23(30)28-25(32)29(24(21)31)19-7-9-20(10-8-19)34-14-15-2-4-17(26)5-3-15/h2-13H,14H2,1H3,(H,28,30,32)/b21-13+. The Bertz CT molecular complexity index is 1290. The molecule has 3 aromatic carbocycles. The van der Waals surface area contributed by atoms with E-state index in [0.717, 1.165) is 19.4 Å². The van der Waals surface area contributed by atoms with Crippen molar-refractivity contribution >= 4 is 61.5 Å². The molecule has 0 unspecified atom stereocenters. The molecule has 1 aliphatic rings. The fourth-order valence-electron chi connectivity index (χ4n) is 3.30. The van der Waals surface area contributed by atoms with Crippen LogP contribution in [0.15, 0.2) is 81.2 Å². The number of methoxy groups -OCH3 is 1. The number of carbonyl (C=O) groups is 3. The number of amides is 4. The number of barbiturate groups is 1. The number of hydrogen-bond donors (Lipinski definition) is 1. The van der Waals surface area contributed by atoms with E-state index in [1.165, 1.54) is 13.2 Å². The summed E-state index contributed by atoms with van der Waals surface area (Å²) in [6.07, 6.45) is 1.40. The van der Waals surface area contributed by atoms with Gasteiger partial charge in [0, 0.05) is 14.5 Å². The molecule has 0 bridgehead atoms. The number of hydrogen-bond acceptors (Lipinski definition) is 5. The van der Waals surface area contributed by atoms with Crippen LogP contribution < -0.4 is 19.7 Å². The third-order valence-electron chi connectivity index (χ3n) is 5.01. The summed E-state index contributed by atoms with van der Waals surface area (Å²) in [4.78, 5) is 39.0. The molecule has 9 heteroatoms. The molecule has 4 rings (SSSR count). The first-order valence-electron chi connectivity index (χ1n) is 10.1. The molecule has 0 radical (unpaired) electrons. The molecule has 0 atom stereocenters. The Labute approximate surface area is 212 Å². The van der Waals surface area contributed by atoms with Crippen LogP contribution in [-0.4, -0.2) is 25.0 Å². The van der Waals surface area contributed by atoms with E-state index in [-0.39, 0.29) is 5.57 Å². The Hall–Kier alpha value is -3.43. The summed E-state index contributed by atoms with van der Waals surface area (Å²) in [6.45, 7) is 0.367. The molecule has 1 N–H and O–H groups in total. The van der Waals surface area contributed by atoms with Gasteiger partial charge in [-0.2, -0.15) is 0 Å². The summed E-state index contributed by atoms with van der Waals surface area (Å²) in [5.74, 6) is -0.462. The van der Waals surface area contributed by atoms with E-state index < -0.39 is 17.8 Å². The molecule has 7 nitrogen and oxygen atoms in total. The molecular weight excluding hydrogens is 568 g/mol. The third-order valence-corrected chi connectivity index (χ3v) is 6.03. The third kappa shape index (κ3) is 5.21. The van der Waals surface area contributed by atoms with Gasteiger partial charge in [-0.15, -0.1) is 0 Å². The molecule has 172 valence electrons. The van der Waals surface area contributed by atoms with Gasteiger partial charge in [-0.1, -0.05) is 44.0 Å². The van der Waals surface area contributed by atoms with Gasteiger partial charge in [-0.25, -0.2) is 9.69 Å². The molecule has 0 aromatic heterocycles. The first-order valence-corrected chi connectivity index (χ1v) is 11.7. The molecule has 3 aromatic rings. The first kappa shape index (κ1) is 23.7. The maximum atomic E-state index is 13.1. The summed E-state index contributed by atoms with van der Waals surface area (Å²) in [5, 5.41) is 2.22. The second kappa shape index (κ2) is 10.2. The SMILES string of the molecule is COc1ccc(Br)cc1/C=C1\C(=O)NC(=O)N(c2ccc(OCc3ccc(Br)cc3)cc2)C1=O. The van der Waals surface area contributed by atoms with E-state index in [1.54, 1.807) is 42.5 Å². The molecule has 34 heavy (non-hydrogen) atoms. The topological polar surface area (TPSA) is 84.9 Å². The smallest absolute Gasteiger partial charge is 0.335 e. The maximum Gasteiger partial charge on any atom is 0.335 e. The summed E-state index contributed by atoms with van der Waals surface area (Å²) in [6, 6.07) is 18.6. The van der Waals surface area contributed by atoms with Crippen molar-refractivity contribution in [1.82, 2.24) is 5.32 Å². The predicted octanol–water partition coefficient (Wildman–Crippen LogP) is 5.47. The van der Waals surface area contributed by atoms with Gasteiger partial charge in [0.25, 0.3) is 11.8 Å². The van der Waals surface area contributed by atoms with Gasteiger partial charge in [0.15, 0.2) is 0 Å². The van der Waals surface area contributed by atoms with Crippen LogP contribution in [0.3, 0.4) is 0 Å². The van der Waals surface area contributed by atoms with Gasteiger partial charge in [-0.3, -0.25) is 14.9 Å². The van der Waals surface area contributed by atoms with E-state index in [4.69, 9.17) is 9.47 Å². The molecule has 0 aliphatic carbocycles. The molecule has 0 saturated carbocycles. The van der Waals surface area contributed by atoms with Crippen molar-refractivity contribution in [1.29, 1.82) is 0 Å². The molecule has 1 aliphatic heterocycles. The lowest BCUT2D eigenvalue weighted by atomic mass is 10.1. The number of ether oxygens (including phenoxy) is 2. The van der Waals surface area contributed by atoms with Gasteiger partial charge >= 0.3 is 6.03 Å². The van der Waals surface area contributed by atoms with Crippen LogP contribution >= 0.6 is 31.9 Å². The van der Waals surface area contributed by atoms with Crippen molar-refractivity contribution in [2.45, 2.75) is 6.61 Å². The summed E-state index contributed by atoms with van der Waals surface area (Å²) in [7, 11) is 1.49. The van der Waals surface area contributed by atoms with Crippen LogP contribution in [-0.2, 0) is 16.2 Å². The summed E-state index contributed by atoms with van der Waals surface area (Å²) in [5.41, 5.74) is 1.63. The fraction of sp³-hybridized carbons (Fsp3) is 0.0800. The lowest BCUT2D eigenvalue weighted by Crippen LogP contribution is -2.54. The van der Waals surface area contributed by atoms with Crippen molar-refractivity contribution in [3.63, 3.8) is 0 Å². The Morgan fingerprint density at radius 2 is 1.59 bits per heavy atom. The lowest BCUT2D eigenvalue weighted by Gasteiger charge is -2.26. The number of halogens is 2. The first-order chi connectivity index (χ1) is 16.4. The monoisotopic (exact) mass is 584 g/mol. The highest BCUT2D eigenvalue weighted by molar-refractivity contribution is 9.10. The van der Waals surface area contributed by atoms with E-state index >= 15 is 0 Å². The van der Waals surface area contributed by atoms with Crippen LogP contribution in [0.2, 0.25) is 0 Å². The predicted molar refractivity (Wildman–Crippen MR) is 135 cm³/mol. The van der Waals surface area contributed by atoms with Crippen LogP contribution in [0.5, 0.6) is 11.5 Å². The zero-order chi connectivity index (χ0) is 24.2. The molecule has 4 amide bonds. The Morgan fingerprint density at radius 1 is 0.912 bits per heavy atom. The Morgan fingerprint density at radius 3 is 2.26 bits per heavy atom. The molecule has 0 spiro atoms. The van der Waals surface area contributed by atoms with Crippen LogP contribution in [0.25, 0.3) is 6.08 Å². The minimum absolute atomic E-state index is 0.188. The van der Waals surface area contributed by atoms with Gasteiger partial charge in [0.2, 0.25) is 0 Å². The van der Waals surface area contributed by atoms with Gasteiger partial charge in [0.05, 0.1) is 12.8 Å². The second-order valence-corrected chi connectivity index (χ2v) is 9.08. The summed E-state index contributed by atoms with van der Waals surface area (Å²) >= 11 is 6.76. The highest BCUT2D eigenvalue weighted by Crippen LogP contribution is 2.28. The van der Waals surface area contributed by atoms with Crippen LogP contribution in [0.1, 0.15) is 11.1 Å².